The normalized spacial score (nSPS) is 10.4. The highest BCUT2D eigenvalue weighted by Crippen LogP contribution is 2.32. The van der Waals surface area contributed by atoms with E-state index in [2.05, 4.69) is 5.32 Å². The van der Waals surface area contributed by atoms with Gasteiger partial charge in [-0.05, 0) is 30.3 Å². The van der Waals surface area contributed by atoms with Crippen molar-refractivity contribution in [2.45, 2.75) is 0 Å². The first-order chi connectivity index (χ1) is 11.3. The molecule has 0 saturated heterocycles. The number of esters is 1. The van der Waals surface area contributed by atoms with Gasteiger partial charge in [0.15, 0.2) is 6.61 Å². The summed E-state index contributed by atoms with van der Waals surface area (Å²) in [5.74, 6) is -1.48. The van der Waals surface area contributed by atoms with Gasteiger partial charge in [0, 0.05) is 5.02 Å². The summed E-state index contributed by atoms with van der Waals surface area (Å²) >= 11 is 29.4. The van der Waals surface area contributed by atoms with E-state index in [0.717, 1.165) is 0 Å². The van der Waals surface area contributed by atoms with Gasteiger partial charge in [0.25, 0.3) is 5.91 Å². The van der Waals surface area contributed by atoms with Crippen molar-refractivity contribution >= 4 is 75.6 Å². The number of carbonyl (C=O) groups is 2. The molecule has 0 aliphatic rings. The number of hydrogen-bond donors (Lipinski definition) is 1. The second-order valence-electron chi connectivity index (χ2n) is 4.47. The molecule has 0 atom stereocenters. The van der Waals surface area contributed by atoms with Crippen molar-refractivity contribution in [3.05, 3.63) is 61.0 Å². The maximum absolute atomic E-state index is 12.0. The lowest BCUT2D eigenvalue weighted by molar-refractivity contribution is -0.119. The van der Waals surface area contributed by atoms with Crippen LogP contribution in [0.3, 0.4) is 0 Å². The first-order valence-corrected chi connectivity index (χ1v) is 8.24. The van der Waals surface area contributed by atoms with Crippen LogP contribution in [0.25, 0.3) is 0 Å². The van der Waals surface area contributed by atoms with E-state index in [4.69, 9.17) is 62.7 Å². The standard InChI is InChI=1S/C15H8Cl5NO3/c16-7-1-2-8(17)11(5-7)21-12(22)6-24-15(23)13-9(18)3-4-10(19)14(13)20/h1-5H,6H2,(H,21,22). The van der Waals surface area contributed by atoms with Gasteiger partial charge < -0.3 is 10.1 Å². The van der Waals surface area contributed by atoms with Crippen molar-refractivity contribution in [1.82, 2.24) is 0 Å². The molecule has 0 radical (unpaired) electrons. The lowest BCUT2D eigenvalue weighted by Crippen LogP contribution is -2.21. The van der Waals surface area contributed by atoms with Crippen LogP contribution in [0.5, 0.6) is 0 Å². The molecule has 0 aliphatic carbocycles. The molecular formula is C15H8Cl5NO3. The number of carbonyl (C=O) groups excluding carboxylic acids is 2. The Morgan fingerprint density at radius 1 is 0.917 bits per heavy atom. The van der Waals surface area contributed by atoms with Crippen LogP contribution in [0, 0.1) is 0 Å². The van der Waals surface area contributed by atoms with Gasteiger partial charge in [0.2, 0.25) is 0 Å². The van der Waals surface area contributed by atoms with Gasteiger partial charge in [-0.1, -0.05) is 58.0 Å². The molecule has 0 unspecified atom stereocenters. The predicted molar refractivity (Wildman–Crippen MR) is 96.8 cm³/mol. The molecule has 0 bridgehead atoms. The third-order valence-electron chi connectivity index (χ3n) is 2.78. The largest absolute Gasteiger partial charge is 0.452 e. The van der Waals surface area contributed by atoms with Gasteiger partial charge in [-0.15, -0.1) is 0 Å². The first-order valence-electron chi connectivity index (χ1n) is 6.35. The minimum atomic E-state index is -0.875. The van der Waals surface area contributed by atoms with E-state index < -0.39 is 18.5 Å². The third-order valence-corrected chi connectivity index (χ3v) is 4.47. The van der Waals surface area contributed by atoms with Crippen LogP contribution < -0.4 is 5.32 Å². The summed E-state index contributed by atoms with van der Waals surface area (Å²) in [5.41, 5.74) is 0.184. The molecule has 2 aromatic carbocycles. The van der Waals surface area contributed by atoms with Crippen molar-refractivity contribution in [3.63, 3.8) is 0 Å². The molecular weight excluding hydrogens is 419 g/mol. The highest BCUT2D eigenvalue weighted by Gasteiger charge is 2.20. The summed E-state index contributed by atoms with van der Waals surface area (Å²) in [7, 11) is 0. The average Bonchev–Trinajstić information content (AvgIpc) is 2.53. The smallest absolute Gasteiger partial charge is 0.341 e. The second kappa shape index (κ2) is 8.28. The summed E-state index contributed by atoms with van der Waals surface area (Å²) in [6.07, 6.45) is 0. The van der Waals surface area contributed by atoms with E-state index >= 15 is 0 Å². The highest BCUT2D eigenvalue weighted by atomic mass is 35.5. The molecule has 0 heterocycles. The predicted octanol–water partition coefficient (Wildman–Crippen LogP) is 5.75. The SMILES string of the molecule is O=C(COC(=O)c1c(Cl)ccc(Cl)c1Cl)Nc1cc(Cl)ccc1Cl. The van der Waals surface area contributed by atoms with Crippen LogP contribution in [0.1, 0.15) is 10.4 Å². The van der Waals surface area contributed by atoms with Crippen molar-refractivity contribution < 1.29 is 14.3 Å². The second-order valence-corrected chi connectivity index (χ2v) is 6.50. The van der Waals surface area contributed by atoms with Crippen LogP contribution in [0.15, 0.2) is 30.3 Å². The fourth-order valence-corrected chi connectivity index (χ4v) is 2.72. The van der Waals surface area contributed by atoms with E-state index in [-0.39, 0.29) is 20.6 Å². The van der Waals surface area contributed by atoms with Crippen LogP contribution in [0.4, 0.5) is 5.69 Å². The van der Waals surface area contributed by atoms with E-state index in [1.807, 2.05) is 0 Å². The topological polar surface area (TPSA) is 55.4 Å². The van der Waals surface area contributed by atoms with Crippen LogP contribution in [0.2, 0.25) is 25.1 Å². The Morgan fingerprint density at radius 2 is 1.54 bits per heavy atom. The summed E-state index contributed by atoms with van der Waals surface area (Å²) in [6.45, 7) is -0.569. The highest BCUT2D eigenvalue weighted by molar-refractivity contribution is 6.46. The quantitative estimate of drug-likeness (QED) is 0.499. The molecule has 24 heavy (non-hydrogen) atoms. The van der Waals surface area contributed by atoms with Crippen LogP contribution in [-0.4, -0.2) is 18.5 Å². The molecule has 2 rings (SSSR count). The van der Waals surface area contributed by atoms with Gasteiger partial charge in [-0.2, -0.15) is 0 Å². The Bertz CT molecular complexity index is 810. The van der Waals surface area contributed by atoms with Gasteiger partial charge >= 0.3 is 5.97 Å². The van der Waals surface area contributed by atoms with E-state index in [0.29, 0.717) is 15.7 Å². The fraction of sp³-hybridized carbons (Fsp3) is 0.0667. The fourth-order valence-electron chi connectivity index (χ4n) is 1.70. The van der Waals surface area contributed by atoms with Crippen molar-refractivity contribution in [1.29, 1.82) is 0 Å². The van der Waals surface area contributed by atoms with Gasteiger partial charge in [-0.3, -0.25) is 4.79 Å². The van der Waals surface area contributed by atoms with E-state index in [1.54, 1.807) is 6.07 Å². The Labute approximate surface area is 162 Å². The molecule has 0 aromatic heterocycles. The number of nitrogens with one attached hydrogen (secondary N) is 1. The Balaban J connectivity index is 2.03. The zero-order chi connectivity index (χ0) is 17.9. The van der Waals surface area contributed by atoms with E-state index in [9.17, 15) is 9.59 Å². The van der Waals surface area contributed by atoms with Crippen molar-refractivity contribution in [2.24, 2.45) is 0 Å². The molecule has 4 nitrogen and oxygen atoms in total. The Hall–Kier alpha value is -1.17. The Kier molecular flexibility index (Phi) is 6.61. The molecule has 126 valence electrons. The van der Waals surface area contributed by atoms with Crippen molar-refractivity contribution in [3.8, 4) is 0 Å². The number of halogens is 5. The average molecular weight is 427 g/mol. The Morgan fingerprint density at radius 3 is 2.25 bits per heavy atom. The molecule has 9 heteroatoms. The molecule has 0 aliphatic heterocycles. The molecule has 0 fully saturated rings. The van der Waals surface area contributed by atoms with Crippen LogP contribution >= 0.6 is 58.0 Å². The van der Waals surface area contributed by atoms with Gasteiger partial charge in [-0.25, -0.2) is 4.79 Å². The molecule has 1 amide bonds. The maximum atomic E-state index is 12.0. The molecule has 0 saturated carbocycles. The number of anilines is 1. The summed E-state index contributed by atoms with van der Waals surface area (Å²) in [6, 6.07) is 7.41. The lowest BCUT2D eigenvalue weighted by Gasteiger charge is -2.10. The summed E-state index contributed by atoms with van der Waals surface area (Å²) in [5, 5.41) is 3.31. The maximum Gasteiger partial charge on any atom is 0.341 e. The molecule has 0 spiro atoms. The van der Waals surface area contributed by atoms with E-state index in [1.165, 1.54) is 24.3 Å². The number of amides is 1. The molecule has 2 aromatic rings. The monoisotopic (exact) mass is 425 g/mol. The third kappa shape index (κ3) is 4.68. The minimum absolute atomic E-state index is 0.0486. The molecule has 1 N–H and O–H groups in total. The van der Waals surface area contributed by atoms with Gasteiger partial charge in [0.1, 0.15) is 0 Å². The summed E-state index contributed by atoms with van der Waals surface area (Å²) in [4.78, 5) is 23.9. The number of rotatable bonds is 4. The first kappa shape index (κ1) is 19.2. The number of benzene rings is 2. The van der Waals surface area contributed by atoms with Crippen LogP contribution in [-0.2, 0) is 9.53 Å². The minimum Gasteiger partial charge on any atom is -0.452 e. The van der Waals surface area contributed by atoms with Gasteiger partial charge in [0.05, 0.1) is 31.3 Å². The zero-order valence-corrected chi connectivity index (χ0v) is 15.5. The number of hydrogen-bond acceptors (Lipinski definition) is 3. The van der Waals surface area contributed by atoms with Crippen molar-refractivity contribution in [2.75, 3.05) is 11.9 Å². The summed E-state index contributed by atoms with van der Waals surface area (Å²) < 4.78 is 4.89. The number of ether oxygens (including phenoxy) is 1. The lowest BCUT2D eigenvalue weighted by atomic mass is 10.2. The zero-order valence-electron chi connectivity index (χ0n) is 11.7.